The van der Waals surface area contributed by atoms with Gasteiger partial charge in [-0.25, -0.2) is 0 Å². The number of pyridine rings is 1. The Hall–Kier alpha value is -3.10. The third kappa shape index (κ3) is 4.60. The number of aromatic nitrogens is 4. The second-order valence-corrected chi connectivity index (χ2v) is 9.96. The molecule has 0 fully saturated rings. The Morgan fingerprint density at radius 2 is 1.79 bits per heavy atom. The van der Waals surface area contributed by atoms with Gasteiger partial charge in [0.1, 0.15) is 0 Å². The summed E-state index contributed by atoms with van der Waals surface area (Å²) in [7, 11) is 0. The zero-order chi connectivity index (χ0) is 23.3. The zero-order valence-corrected chi connectivity index (χ0v) is 20.5. The Morgan fingerprint density at radius 3 is 2.59 bits per heavy atom. The molecular formula is C26H25N5OS2. The van der Waals surface area contributed by atoms with E-state index >= 15 is 0 Å². The van der Waals surface area contributed by atoms with Gasteiger partial charge in [-0.15, -0.1) is 22.0 Å². The lowest BCUT2D eigenvalue weighted by Crippen LogP contribution is -2.39. The van der Waals surface area contributed by atoms with Gasteiger partial charge in [0, 0.05) is 35.2 Å². The van der Waals surface area contributed by atoms with Gasteiger partial charge in [-0.1, -0.05) is 61.2 Å². The maximum absolute atomic E-state index is 13.7. The van der Waals surface area contributed by atoms with Crippen LogP contribution in [0.25, 0.3) is 11.4 Å². The maximum Gasteiger partial charge on any atom is 0.238 e. The first kappa shape index (κ1) is 22.7. The fourth-order valence-electron chi connectivity index (χ4n) is 4.15. The molecule has 0 saturated heterocycles. The van der Waals surface area contributed by atoms with Gasteiger partial charge in [0.2, 0.25) is 5.91 Å². The van der Waals surface area contributed by atoms with Crippen molar-refractivity contribution in [3.05, 3.63) is 84.7 Å². The van der Waals surface area contributed by atoms with Crippen LogP contribution in [-0.4, -0.2) is 37.2 Å². The quantitative estimate of drug-likeness (QED) is 0.311. The number of nitrogens with zero attached hydrogens (tertiary/aromatic N) is 5. The van der Waals surface area contributed by atoms with E-state index in [1.54, 1.807) is 24.2 Å². The monoisotopic (exact) mass is 487 g/mol. The molecule has 0 saturated carbocycles. The summed E-state index contributed by atoms with van der Waals surface area (Å²) in [5.41, 5.74) is 3.10. The fourth-order valence-corrected chi connectivity index (χ4v) is 6.14. The van der Waals surface area contributed by atoms with Crippen molar-refractivity contribution >= 4 is 35.1 Å². The molecule has 3 heterocycles. The Balaban J connectivity index is 1.41. The van der Waals surface area contributed by atoms with Crippen molar-refractivity contribution in [1.82, 2.24) is 19.7 Å². The van der Waals surface area contributed by atoms with E-state index in [-0.39, 0.29) is 11.9 Å². The largest absolute Gasteiger partial charge is 0.302 e. The number of fused-ring (bicyclic) bond motifs is 1. The predicted octanol–water partition coefficient (Wildman–Crippen LogP) is 5.72. The molecule has 0 spiro atoms. The van der Waals surface area contributed by atoms with Crippen molar-refractivity contribution in [2.45, 2.75) is 36.0 Å². The molecule has 0 aliphatic carbocycles. The molecule has 5 rings (SSSR count). The highest BCUT2D eigenvalue weighted by atomic mass is 32.2. The number of carbonyl (C=O) groups excluding carboxylic acids is 1. The lowest BCUT2D eigenvalue weighted by Gasteiger charge is -2.37. The standard InChI is InChI=1S/C26H25N5OS2/c1-2-16-30-25(20-12-14-27-15-13-20)28-29-26(30)34-18-24(32)31-21-10-6-7-11-23(21)33-17-22(31)19-8-4-3-5-9-19/h3-15,22H,2,16-18H2,1H3. The molecule has 1 unspecified atom stereocenters. The summed E-state index contributed by atoms with van der Waals surface area (Å²) in [5.74, 6) is 2.00. The van der Waals surface area contributed by atoms with Crippen LogP contribution in [0.15, 0.2) is 89.2 Å². The molecule has 172 valence electrons. The zero-order valence-electron chi connectivity index (χ0n) is 18.9. The van der Waals surface area contributed by atoms with Gasteiger partial charge in [0.25, 0.3) is 0 Å². The number of hydrogen-bond acceptors (Lipinski definition) is 6. The van der Waals surface area contributed by atoms with Crippen LogP contribution in [0.4, 0.5) is 5.69 Å². The van der Waals surface area contributed by atoms with E-state index in [1.807, 2.05) is 53.4 Å². The molecule has 1 atom stereocenters. The van der Waals surface area contributed by atoms with E-state index in [9.17, 15) is 4.79 Å². The first-order valence-electron chi connectivity index (χ1n) is 11.3. The van der Waals surface area contributed by atoms with Gasteiger partial charge >= 0.3 is 0 Å². The fraction of sp³-hybridized carbons (Fsp3) is 0.231. The van der Waals surface area contributed by atoms with Crippen LogP contribution in [0.1, 0.15) is 24.9 Å². The minimum Gasteiger partial charge on any atom is -0.302 e. The average Bonchev–Trinajstić information content (AvgIpc) is 3.30. The smallest absolute Gasteiger partial charge is 0.238 e. The topological polar surface area (TPSA) is 63.9 Å². The summed E-state index contributed by atoms with van der Waals surface area (Å²) in [6.45, 7) is 2.92. The van der Waals surface area contributed by atoms with Gasteiger partial charge in [-0.05, 0) is 36.2 Å². The van der Waals surface area contributed by atoms with Crippen LogP contribution < -0.4 is 4.90 Å². The minimum atomic E-state index is -0.00454. The molecule has 1 aliphatic heterocycles. The number of thioether (sulfide) groups is 2. The van der Waals surface area contributed by atoms with Gasteiger partial charge in [-0.2, -0.15) is 0 Å². The predicted molar refractivity (Wildman–Crippen MR) is 138 cm³/mol. The number of hydrogen-bond donors (Lipinski definition) is 0. The molecule has 6 nitrogen and oxygen atoms in total. The lowest BCUT2D eigenvalue weighted by molar-refractivity contribution is -0.116. The molecule has 8 heteroatoms. The van der Waals surface area contributed by atoms with Crippen molar-refractivity contribution in [3.63, 3.8) is 0 Å². The van der Waals surface area contributed by atoms with Crippen LogP contribution in [0.5, 0.6) is 0 Å². The highest BCUT2D eigenvalue weighted by Crippen LogP contribution is 2.43. The summed E-state index contributed by atoms with van der Waals surface area (Å²) >= 11 is 3.26. The van der Waals surface area contributed by atoms with Crippen molar-refractivity contribution in [2.75, 3.05) is 16.4 Å². The molecular weight excluding hydrogens is 462 g/mol. The molecule has 0 N–H and O–H groups in total. The molecule has 2 aromatic carbocycles. The molecule has 2 aromatic heterocycles. The number of para-hydroxylation sites is 1. The normalized spacial score (nSPS) is 15.2. The third-order valence-corrected chi connectivity index (χ3v) is 7.80. The van der Waals surface area contributed by atoms with E-state index in [2.05, 4.69) is 44.9 Å². The van der Waals surface area contributed by atoms with E-state index in [0.717, 1.165) is 51.4 Å². The number of rotatable bonds is 7. The SMILES string of the molecule is CCCn1c(SCC(=O)N2c3ccccc3SCC2c2ccccc2)nnc1-c1ccncc1. The van der Waals surface area contributed by atoms with Crippen molar-refractivity contribution in [1.29, 1.82) is 0 Å². The highest BCUT2D eigenvalue weighted by Gasteiger charge is 2.32. The Bertz CT molecular complexity index is 1260. The number of benzene rings is 2. The van der Waals surface area contributed by atoms with Gasteiger partial charge < -0.3 is 9.47 Å². The van der Waals surface area contributed by atoms with E-state index in [0.29, 0.717) is 5.75 Å². The van der Waals surface area contributed by atoms with E-state index in [1.165, 1.54) is 11.8 Å². The summed E-state index contributed by atoms with van der Waals surface area (Å²) in [6.07, 6.45) is 4.46. The van der Waals surface area contributed by atoms with Gasteiger partial charge in [0.05, 0.1) is 17.5 Å². The van der Waals surface area contributed by atoms with Gasteiger partial charge in [-0.3, -0.25) is 9.78 Å². The average molecular weight is 488 g/mol. The Labute approximate surface area is 207 Å². The van der Waals surface area contributed by atoms with Crippen molar-refractivity contribution < 1.29 is 4.79 Å². The van der Waals surface area contributed by atoms with Crippen molar-refractivity contribution in [3.8, 4) is 11.4 Å². The van der Waals surface area contributed by atoms with Crippen molar-refractivity contribution in [2.24, 2.45) is 0 Å². The second-order valence-electron chi connectivity index (χ2n) is 7.95. The van der Waals surface area contributed by atoms with Crippen LogP contribution in [0, 0.1) is 0 Å². The van der Waals surface area contributed by atoms with Crippen LogP contribution >= 0.6 is 23.5 Å². The van der Waals surface area contributed by atoms with E-state index < -0.39 is 0 Å². The summed E-state index contributed by atoms with van der Waals surface area (Å²) in [6, 6.07) is 22.3. The molecule has 0 radical (unpaired) electrons. The number of anilines is 1. The van der Waals surface area contributed by atoms with E-state index in [4.69, 9.17) is 0 Å². The summed E-state index contributed by atoms with van der Waals surface area (Å²) in [4.78, 5) is 20.9. The van der Waals surface area contributed by atoms with Gasteiger partial charge in [0.15, 0.2) is 11.0 Å². The molecule has 0 bridgehead atoms. The second kappa shape index (κ2) is 10.4. The summed E-state index contributed by atoms with van der Waals surface area (Å²) in [5, 5.41) is 9.62. The third-order valence-electron chi connectivity index (χ3n) is 5.71. The first-order chi connectivity index (χ1) is 16.8. The highest BCUT2D eigenvalue weighted by molar-refractivity contribution is 8.00. The summed E-state index contributed by atoms with van der Waals surface area (Å²) < 4.78 is 2.10. The minimum absolute atomic E-state index is 0.00454. The maximum atomic E-state index is 13.7. The Morgan fingerprint density at radius 1 is 1.03 bits per heavy atom. The molecule has 1 aliphatic rings. The lowest BCUT2D eigenvalue weighted by atomic mass is 10.1. The first-order valence-corrected chi connectivity index (χ1v) is 13.3. The van der Waals surface area contributed by atoms with Crippen LogP contribution in [-0.2, 0) is 11.3 Å². The van der Waals surface area contributed by atoms with Crippen LogP contribution in [0.3, 0.4) is 0 Å². The molecule has 4 aromatic rings. The Kier molecular flexibility index (Phi) is 6.97. The van der Waals surface area contributed by atoms with Crippen LogP contribution in [0.2, 0.25) is 0 Å². The number of carbonyl (C=O) groups is 1. The molecule has 34 heavy (non-hydrogen) atoms. The number of amides is 1. The molecule has 1 amide bonds.